The molecule has 1 saturated heterocycles. The van der Waals surface area contributed by atoms with Crippen molar-refractivity contribution in [3.8, 4) is 0 Å². The van der Waals surface area contributed by atoms with Gasteiger partial charge in [0.25, 0.3) is 5.91 Å². The molecule has 0 saturated carbocycles. The quantitative estimate of drug-likeness (QED) is 0.822. The van der Waals surface area contributed by atoms with Crippen LogP contribution in [0.1, 0.15) is 24.0 Å². The zero-order valence-electron chi connectivity index (χ0n) is 13.9. The zero-order chi connectivity index (χ0) is 17.5. The summed E-state index contributed by atoms with van der Waals surface area (Å²) in [5, 5.41) is 2.82. The van der Waals surface area contributed by atoms with Gasteiger partial charge in [0.2, 0.25) is 0 Å². The first kappa shape index (κ1) is 17.2. The summed E-state index contributed by atoms with van der Waals surface area (Å²) in [5.74, 6) is -0.822. The van der Waals surface area contributed by atoms with Crippen molar-refractivity contribution in [1.29, 1.82) is 0 Å². The Kier molecular flexibility index (Phi) is 5.80. The van der Waals surface area contributed by atoms with Gasteiger partial charge >= 0.3 is 5.97 Å². The van der Waals surface area contributed by atoms with E-state index >= 15 is 0 Å². The van der Waals surface area contributed by atoms with Gasteiger partial charge in [0.1, 0.15) is 0 Å². The fraction of sp³-hybridized carbons (Fsp3) is 0.300. The van der Waals surface area contributed by atoms with Crippen molar-refractivity contribution >= 4 is 17.6 Å². The number of para-hydroxylation sites is 1. The number of esters is 1. The Morgan fingerprint density at radius 1 is 1.08 bits per heavy atom. The number of ether oxygens (including phenoxy) is 2. The van der Waals surface area contributed by atoms with Crippen LogP contribution in [0.3, 0.4) is 0 Å². The number of carbonyl (C=O) groups excluding carboxylic acids is 2. The van der Waals surface area contributed by atoms with Gasteiger partial charge in [-0.2, -0.15) is 0 Å². The van der Waals surface area contributed by atoms with Crippen LogP contribution in [0.4, 0.5) is 5.69 Å². The van der Waals surface area contributed by atoms with E-state index in [0.717, 1.165) is 23.2 Å². The lowest BCUT2D eigenvalue weighted by Gasteiger charge is -2.12. The maximum absolute atomic E-state index is 12.1. The third kappa shape index (κ3) is 4.90. The lowest BCUT2D eigenvalue weighted by Crippen LogP contribution is -2.27. The molecule has 1 N–H and O–H groups in total. The molecule has 1 atom stereocenters. The van der Waals surface area contributed by atoms with Crippen molar-refractivity contribution in [2.24, 2.45) is 0 Å². The highest BCUT2D eigenvalue weighted by Gasteiger charge is 2.25. The fourth-order valence-electron chi connectivity index (χ4n) is 2.79. The Bertz CT molecular complexity index is 723. The van der Waals surface area contributed by atoms with E-state index in [4.69, 9.17) is 9.47 Å². The zero-order valence-corrected chi connectivity index (χ0v) is 13.9. The molecular formula is C20H21NO4. The summed E-state index contributed by atoms with van der Waals surface area (Å²) < 4.78 is 10.3. The molecule has 5 heteroatoms. The molecule has 1 aliphatic rings. The van der Waals surface area contributed by atoms with Gasteiger partial charge < -0.3 is 14.8 Å². The van der Waals surface area contributed by atoms with Gasteiger partial charge in [0.05, 0.1) is 0 Å². The number of benzene rings is 2. The van der Waals surface area contributed by atoms with E-state index in [0.29, 0.717) is 19.4 Å². The Hall–Kier alpha value is -2.66. The number of nitrogens with one attached hydrogen (secondary N) is 1. The number of amides is 1. The van der Waals surface area contributed by atoms with E-state index in [1.165, 1.54) is 0 Å². The smallest absolute Gasteiger partial charge is 0.335 e. The van der Waals surface area contributed by atoms with Crippen LogP contribution in [-0.2, 0) is 25.5 Å². The molecule has 0 aromatic heterocycles. The predicted molar refractivity (Wildman–Crippen MR) is 94.3 cm³/mol. The van der Waals surface area contributed by atoms with Gasteiger partial charge in [-0.1, -0.05) is 48.5 Å². The van der Waals surface area contributed by atoms with E-state index < -0.39 is 12.1 Å². The number of hydrogen-bond donors (Lipinski definition) is 1. The second-order valence-electron chi connectivity index (χ2n) is 5.98. The molecule has 3 rings (SSSR count). The van der Waals surface area contributed by atoms with Gasteiger partial charge in [-0.05, 0) is 36.5 Å². The number of hydrogen-bond acceptors (Lipinski definition) is 4. The van der Waals surface area contributed by atoms with Crippen molar-refractivity contribution in [3.63, 3.8) is 0 Å². The lowest BCUT2D eigenvalue weighted by atomic mass is 10.0. The van der Waals surface area contributed by atoms with Gasteiger partial charge in [0.15, 0.2) is 12.7 Å². The summed E-state index contributed by atoms with van der Waals surface area (Å²) >= 11 is 0. The molecule has 0 unspecified atom stereocenters. The minimum absolute atomic E-state index is 0.307. The second-order valence-corrected chi connectivity index (χ2v) is 5.98. The molecule has 1 fully saturated rings. The summed E-state index contributed by atoms with van der Waals surface area (Å²) in [5.41, 5.74) is 2.89. The molecule has 0 radical (unpaired) electrons. The van der Waals surface area contributed by atoms with Gasteiger partial charge in [-0.3, -0.25) is 4.79 Å². The van der Waals surface area contributed by atoms with Crippen LogP contribution in [-0.4, -0.2) is 31.2 Å². The summed E-state index contributed by atoms with van der Waals surface area (Å²) in [6.07, 6.45) is 1.68. The second kappa shape index (κ2) is 8.44. The van der Waals surface area contributed by atoms with Crippen molar-refractivity contribution in [3.05, 3.63) is 65.7 Å². The number of rotatable bonds is 6. The van der Waals surface area contributed by atoms with Crippen LogP contribution in [0, 0.1) is 0 Å². The first-order chi connectivity index (χ1) is 12.2. The molecule has 5 nitrogen and oxygen atoms in total. The number of anilines is 1. The van der Waals surface area contributed by atoms with Crippen LogP contribution >= 0.6 is 0 Å². The monoisotopic (exact) mass is 339 g/mol. The minimum atomic E-state index is -0.529. The molecule has 1 amide bonds. The summed E-state index contributed by atoms with van der Waals surface area (Å²) in [7, 11) is 0. The number of carbonyl (C=O) groups is 2. The summed E-state index contributed by atoms with van der Waals surface area (Å²) in [6, 6.07) is 17.7. The maximum atomic E-state index is 12.1. The molecule has 25 heavy (non-hydrogen) atoms. The summed E-state index contributed by atoms with van der Waals surface area (Å²) in [4.78, 5) is 23.9. The van der Waals surface area contributed by atoms with Gasteiger partial charge in [-0.15, -0.1) is 0 Å². The Morgan fingerprint density at radius 2 is 1.84 bits per heavy atom. The highest BCUT2D eigenvalue weighted by Crippen LogP contribution is 2.19. The molecule has 1 heterocycles. The van der Waals surface area contributed by atoms with E-state index in [1.54, 1.807) is 0 Å². The highest BCUT2D eigenvalue weighted by atomic mass is 16.6. The molecule has 0 aliphatic carbocycles. The summed E-state index contributed by atoms with van der Waals surface area (Å²) in [6.45, 7) is 0.261. The largest absolute Gasteiger partial charge is 0.454 e. The van der Waals surface area contributed by atoms with E-state index in [2.05, 4.69) is 5.32 Å². The van der Waals surface area contributed by atoms with Crippen LogP contribution in [0.25, 0.3) is 0 Å². The Balaban J connectivity index is 1.56. The molecule has 0 bridgehead atoms. The van der Waals surface area contributed by atoms with E-state index in [1.807, 2.05) is 54.6 Å². The van der Waals surface area contributed by atoms with Crippen molar-refractivity contribution in [2.75, 3.05) is 18.5 Å². The average molecular weight is 339 g/mol. The molecule has 130 valence electrons. The average Bonchev–Trinajstić information content (AvgIpc) is 3.17. The Morgan fingerprint density at radius 3 is 2.60 bits per heavy atom. The first-order valence-corrected chi connectivity index (χ1v) is 8.42. The SMILES string of the molecule is O=C(COC(=O)[C@@H]1CCCO1)Nc1ccccc1Cc1ccccc1. The standard InChI is InChI=1S/C20H21NO4/c22-19(14-25-20(23)18-11-6-12-24-18)21-17-10-5-4-9-16(17)13-15-7-2-1-3-8-15/h1-5,7-10,18H,6,11-14H2,(H,21,22)/t18-/m0/s1. The minimum Gasteiger partial charge on any atom is -0.454 e. The molecule has 0 spiro atoms. The van der Waals surface area contributed by atoms with E-state index in [-0.39, 0.29) is 12.5 Å². The third-order valence-corrected chi connectivity index (χ3v) is 4.07. The van der Waals surface area contributed by atoms with Gasteiger partial charge in [-0.25, -0.2) is 4.79 Å². The van der Waals surface area contributed by atoms with Gasteiger partial charge in [0, 0.05) is 12.3 Å². The molecule has 2 aromatic rings. The molecule has 2 aromatic carbocycles. The van der Waals surface area contributed by atoms with Crippen LogP contribution in [0.2, 0.25) is 0 Å². The molecular weight excluding hydrogens is 318 g/mol. The normalized spacial score (nSPS) is 16.4. The Labute approximate surface area is 147 Å². The predicted octanol–water partition coefficient (Wildman–Crippen LogP) is 2.94. The van der Waals surface area contributed by atoms with Crippen molar-refractivity contribution in [2.45, 2.75) is 25.4 Å². The topological polar surface area (TPSA) is 64.6 Å². The lowest BCUT2D eigenvalue weighted by molar-refractivity contribution is -0.156. The maximum Gasteiger partial charge on any atom is 0.335 e. The van der Waals surface area contributed by atoms with Crippen molar-refractivity contribution in [1.82, 2.24) is 0 Å². The third-order valence-electron chi connectivity index (χ3n) is 4.07. The van der Waals surface area contributed by atoms with Crippen molar-refractivity contribution < 1.29 is 19.1 Å². The van der Waals surface area contributed by atoms with Crippen LogP contribution in [0.15, 0.2) is 54.6 Å². The fourth-order valence-corrected chi connectivity index (χ4v) is 2.79. The first-order valence-electron chi connectivity index (χ1n) is 8.42. The highest BCUT2D eigenvalue weighted by molar-refractivity contribution is 5.93. The van der Waals surface area contributed by atoms with Crippen LogP contribution in [0.5, 0.6) is 0 Å². The van der Waals surface area contributed by atoms with Crippen LogP contribution < -0.4 is 5.32 Å². The molecule has 1 aliphatic heterocycles. The van der Waals surface area contributed by atoms with E-state index in [9.17, 15) is 9.59 Å².